The first-order valence-electron chi connectivity index (χ1n) is 1.56. The van der Waals surface area contributed by atoms with Crippen molar-refractivity contribution in [3.05, 3.63) is 0 Å². The first-order chi connectivity index (χ1) is 3.15. The number of aliphatic hydroxyl groups excluding tert-OH is 1. The van der Waals surface area contributed by atoms with Crippen molar-refractivity contribution in [2.24, 2.45) is 0 Å². The fourth-order valence-electron chi connectivity index (χ4n) is 0. The van der Waals surface area contributed by atoms with E-state index < -0.39 is 11.4 Å². The fraction of sp³-hybridized carbons (Fsp3) is 1.00. The molecule has 0 aliphatic heterocycles. The molecule has 40 valence electrons. The summed E-state index contributed by atoms with van der Waals surface area (Å²) >= 11 is -1.69. The third-order valence-electron chi connectivity index (χ3n) is 0. The summed E-state index contributed by atoms with van der Waals surface area (Å²) < 4.78 is 23.2. The fourth-order valence-corrected chi connectivity index (χ4v) is 0. The molecule has 0 fully saturated rings. The molecule has 0 saturated heterocycles. The van der Waals surface area contributed by atoms with E-state index >= 15 is 0 Å². The number of rotatable bonds is 0. The average Bonchev–Trinajstić information content (AvgIpc) is 1.33. The van der Waals surface area contributed by atoms with Crippen molar-refractivity contribution in [2.45, 2.75) is 0 Å². The molecule has 0 aromatic rings. The Bertz CT molecular complexity index is 43.0. The molecule has 0 rings (SSSR count). The van der Waals surface area contributed by atoms with Gasteiger partial charge in [-0.1, -0.05) is 0 Å². The topological polar surface area (TPSA) is 77.8 Å². The third kappa shape index (κ3) is 168. The Kier molecular flexibility index (Phi) is 15.8. The van der Waals surface area contributed by atoms with Gasteiger partial charge < -0.3 is 0 Å². The molecule has 7 heavy (non-hydrogen) atoms. The van der Waals surface area contributed by atoms with Gasteiger partial charge in [-0.2, -0.15) is 4.21 Å². The Morgan fingerprint density at radius 3 is 1.57 bits per heavy atom. The summed E-state index contributed by atoms with van der Waals surface area (Å²) in [6, 6.07) is 0. The van der Waals surface area contributed by atoms with Crippen molar-refractivity contribution >= 4 is 39.3 Å². The third-order valence-corrected chi connectivity index (χ3v) is 0. The summed E-state index contributed by atoms with van der Waals surface area (Å²) in [7, 11) is 0. The van der Waals surface area contributed by atoms with Crippen LogP contribution in [0.25, 0.3) is 0 Å². The molecule has 0 radical (unpaired) electrons. The van der Waals surface area contributed by atoms with Crippen molar-refractivity contribution in [1.29, 1.82) is 0 Å². The van der Waals surface area contributed by atoms with Crippen LogP contribution in [-0.2, 0) is 11.4 Å². The summed E-state index contributed by atoms with van der Waals surface area (Å²) in [5.74, 6) is 0. The van der Waals surface area contributed by atoms with Crippen LogP contribution in [0.4, 0.5) is 0 Å². The van der Waals surface area contributed by atoms with Crippen molar-refractivity contribution in [1.82, 2.24) is 0 Å². The standard InChI is InChI=1S/CH3O.Na.H2O3S/c1-2;;1-4(2)3/h2H,1H2;;(H2,1,2,3). The Hall–Kier alpha value is 1.03. The van der Waals surface area contributed by atoms with Crippen LogP contribution in [-0.4, -0.2) is 50.2 Å². The van der Waals surface area contributed by atoms with Crippen molar-refractivity contribution in [3.8, 4) is 0 Å². The molecule has 0 bridgehead atoms. The van der Waals surface area contributed by atoms with Gasteiger partial charge in [0.1, 0.15) is 0 Å². The van der Waals surface area contributed by atoms with Crippen LogP contribution in [0.15, 0.2) is 0 Å². The maximum atomic E-state index is 8.67. The Balaban J connectivity index is 0. The Morgan fingerprint density at radius 1 is 1.57 bits per heavy atom. The number of hydrogen-bond donors (Lipinski definition) is 3. The summed E-state index contributed by atoms with van der Waals surface area (Å²) in [6.45, 7) is 0. The first kappa shape index (κ1) is 10.9. The molecule has 0 spiro atoms. The molecule has 0 heterocycles. The van der Waals surface area contributed by atoms with E-state index in [-0.39, 0.29) is 0 Å². The zero-order chi connectivity index (χ0) is 6.28. The van der Waals surface area contributed by atoms with E-state index in [2.05, 4.69) is 0 Å². The van der Waals surface area contributed by atoms with Crippen LogP contribution in [0.3, 0.4) is 0 Å². The predicted octanol–water partition coefficient (Wildman–Crippen LogP) is -1.21. The van der Waals surface area contributed by atoms with E-state index in [1.165, 1.54) is 0 Å². The van der Waals surface area contributed by atoms with Crippen molar-refractivity contribution in [2.75, 3.05) is 3.86 Å². The van der Waals surface area contributed by atoms with Gasteiger partial charge >= 0.3 is 36.9 Å². The quantitative estimate of drug-likeness (QED) is 0.288. The summed E-state index contributed by atoms with van der Waals surface area (Å²) in [4.78, 5) is 0. The summed E-state index contributed by atoms with van der Waals surface area (Å²) in [5, 5.41) is 7.63. The molecule has 0 aromatic heterocycles. The minimum absolute atomic E-state index is 0.389. The molecule has 0 unspecified atom stereocenters. The molecule has 0 aliphatic carbocycles. The van der Waals surface area contributed by atoms with Crippen LogP contribution in [0, 0.1) is 0 Å². The molecule has 6 heteroatoms. The van der Waals surface area contributed by atoms with Gasteiger partial charge in [-0.15, -0.1) is 0 Å². The summed E-state index contributed by atoms with van der Waals surface area (Å²) in [5.41, 5.74) is 0. The van der Waals surface area contributed by atoms with E-state index in [1.54, 1.807) is 0 Å². The van der Waals surface area contributed by atoms with Gasteiger partial charge in [0.15, 0.2) is 0 Å². The van der Waals surface area contributed by atoms with E-state index in [0.717, 1.165) is 27.9 Å². The molecule has 0 amide bonds. The normalized spacial score (nSPS) is 7.71. The van der Waals surface area contributed by atoms with Crippen LogP contribution < -0.4 is 0 Å². The predicted molar refractivity (Wildman–Crippen MR) is 26.2 cm³/mol. The molecule has 0 atom stereocenters. The van der Waals surface area contributed by atoms with Gasteiger partial charge in [-0.05, 0) is 0 Å². The van der Waals surface area contributed by atoms with Gasteiger partial charge in [0.05, 0.1) is 0 Å². The summed E-state index contributed by atoms with van der Waals surface area (Å²) in [6.07, 6.45) is 0. The number of aliphatic hydroxyl groups is 1. The second kappa shape index (κ2) is 10.1. The van der Waals surface area contributed by atoms with E-state index in [4.69, 9.17) is 18.4 Å². The molecular weight excluding hydrogens is 131 g/mol. The molecule has 0 aliphatic rings. The minimum atomic E-state index is -2.61. The zero-order valence-corrected chi connectivity index (χ0v) is 6.68. The van der Waals surface area contributed by atoms with E-state index in [9.17, 15) is 0 Å². The van der Waals surface area contributed by atoms with Gasteiger partial charge in [0, 0.05) is 0 Å². The first-order valence-corrected chi connectivity index (χ1v) is 4.03. The molecule has 4 nitrogen and oxygen atoms in total. The van der Waals surface area contributed by atoms with Gasteiger partial charge in [-0.25, -0.2) is 0 Å². The zero-order valence-electron chi connectivity index (χ0n) is 3.87. The van der Waals surface area contributed by atoms with Crippen molar-refractivity contribution < 1.29 is 18.4 Å². The monoisotopic (exact) mass is 136 g/mol. The molecule has 0 aromatic carbocycles. The number of hydrogen-bond acceptors (Lipinski definition) is 2. The Morgan fingerprint density at radius 2 is 1.57 bits per heavy atom. The van der Waals surface area contributed by atoms with Gasteiger partial charge in [-0.3, -0.25) is 9.11 Å². The SMILES string of the molecule is O=S(O)O.O[CH2][Na]. The van der Waals surface area contributed by atoms with Gasteiger partial charge in [0.25, 0.3) is 11.4 Å². The van der Waals surface area contributed by atoms with Crippen LogP contribution in [0.2, 0.25) is 0 Å². The average molecular weight is 136 g/mol. The van der Waals surface area contributed by atoms with Crippen LogP contribution in [0.1, 0.15) is 0 Å². The molecular formula is CH5NaO4S. The second-order valence-electron chi connectivity index (χ2n) is 0.547. The van der Waals surface area contributed by atoms with Gasteiger partial charge in [0.2, 0.25) is 0 Å². The van der Waals surface area contributed by atoms with E-state index in [1.807, 2.05) is 0 Å². The second-order valence-corrected chi connectivity index (χ2v) is 1.64. The molecule has 0 saturated carbocycles. The molecule has 3 N–H and O–H groups in total. The Labute approximate surface area is 61.5 Å². The van der Waals surface area contributed by atoms with Crippen LogP contribution in [0.5, 0.6) is 0 Å². The van der Waals surface area contributed by atoms with Crippen molar-refractivity contribution in [3.63, 3.8) is 0 Å². The van der Waals surface area contributed by atoms with E-state index in [0.29, 0.717) is 3.86 Å². The van der Waals surface area contributed by atoms with Crippen LogP contribution >= 0.6 is 0 Å². The maximum absolute atomic E-state index is 8.67.